The quantitative estimate of drug-likeness (QED) is 0.492. The van der Waals surface area contributed by atoms with Gasteiger partial charge in [-0.1, -0.05) is 11.6 Å². The molecule has 0 amide bonds. The van der Waals surface area contributed by atoms with Crippen molar-refractivity contribution in [2.45, 2.75) is 45.8 Å². The Morgan fingerprint density at radius 2 is 2.23 bits per heavy atom. The largest absolute Gasteiger partial charge is 0.365 e. The predicted molar refractivity (Wildman–Crippen MR) is 104 cm³/mol. The van der Waals surface area contributed by atoms with E-state index >= 15 is 0 Å². The second-order valence-electron chi connectivity index (χ2n) is 6.75. The van der Waals surface area contributed by atoms with E-state index in [1.807, 2.05) is 0 Å². The minimum Gasteiger partial charge on any atom is -0.365 e. The standard InChI is InChI=1S/C18H29N7O/c1-13(2)7-10-20-16-15-17(23-12-22-16)25(14-6-3-4-11-26-14)18(24-15)21-9-5-8-19/h7,12,14H,3-6,8-11,19H2,1-2H3,(H,21,24)(H,20,22,23). The van der Waals surface area contributed by atoms with Crippen molar-refractivity contribution in [1.29, 1.82) is 0 Å². The summed E-state index contributed by atoms with van der Waals surface area (Å²) in [5.41, 5.74) is 8.44. The number of allylic oxidation sites excluding steroid dienone is 1. The first-order chi connectivity index (χ1) is 12.7. The lowest BCUT2D eigenvalue weighted by Crippen LogP contribution is -2.21. The molecule has 0 spiro atoms. The Labute approximate surface area is 154 Å². The lowest BCUT2D eigenvalue weighted by atomic mass is 10.2. The van der Waals surface area contributed by atoms with Crippen molar-refractivity contribution in [3.8, 4) is 0 Å². The Kier molecular flexibility index (Phi) is 6.40. The van der Waals surface area contributed by atoms with Crippen molar-refractivity contribution in [1.82, 2.24) is 19.5 Å². The van der Waals surface area contributed by atoms with Gasteiger partial charge in [-0.05, 0) is 46.1 Å². The maximum absolute atomic E-state index is 6.00. The van der Waals surface area contributed by atoms with Crippen molar-refractivity contribution in [3.63, 3.8) is 0 Å². The number of nitrogens with two attached hydrogens (primary N) is 1. The van der Waals surface area contributed by atoms with E-state index in [1.54, 1.807) is 6.33 Å². The summed E-state index contributed by atoms with van der Waals surface area (Å²) >= 11 is 0. The van der Waals surface area contributed by atoms with Gasteiger partial charge >= 0.3 is 0 Å². The number of aromatic nitrogens is 4. The number of hydrogen-bond acceptors (Lipinski definition) is 7. The molecule has 8 heteroatoms. The number of fused-ring (bicyclic) bond motifs is 1. The highest BCUT2D eigenvalue weighted by Gasteiger charge is 2.24. The van der Waals surface area contributed by atoms with Gasteiger partial charge in [-0.2, -0.15) is 0 Å². The lowest BCUT2D eigenvalue weighted by Gasteiger charge is -2.25. The Hall–Kier alpha value is -2.19. The first-order valence-corrected chi connectivity index (χ1v) is 9.36. The van der Waals surface area contributed by atoms with Crippen molar-refractivity contribution in [2.75, 3.05) is 36.9 Å². The zero-order chi connectivity index (χ0) is 18.4. The summed E-state index contributed by atoms with van der Waals surface area (Å²) in [6, 6.07) is 0. The molecule has 2 aromatic heterocycles. The SMILES string of the molecule is CC(C)=CCNc1ncnc2c1nc(NCCCN)n2C1CCCCO1. The average molecular weight is 359 g/mol. The minimum atomic E-state index is -0.0466. The van der Waals surface area contributed by atoms with E-state index in [4.69, 9.17) is 15.5 Å². The van der Waals surface area contributed by atoms with E-state index in [-0.39, 0.29) is 6.23 Å². The number of ether oxygens (including phenoxy) is 1. The van der Waals surface area contributed by atoms with Gasteiger partial charge < -0.3 is 21.1 Å². The van der Waals surface area contributed by atoms with Crippen LogP contribution in [0.2, 0.25) is 0 Å². The zero-order valence-corrected chi connectivity index (χ0v) is 15.7. The molecule has 4 N–H and O–H groups in total. The predicted octanol–water partition coefficient (Wildman–Crippen LogP) is 2.66. The molecule has 3 rings (SSSR count). The fourth-order valence-electron chi connectivity index (χ4n) is 3.02. The summed E-state index contributed by atoms with van der Waals surface area (Å²) in [6.45, 7) is 7.03. The van der Waals surface area contributed by atoms with Crippen molar-refractivity contribution < 1.29 is 4.74 Å². The van der Waals surface area contributed by atoms with Crippen LogP contribution in [0.1, 0.15) is 45.8 Å². The fraction of sp³-hybridized carbons (Fsp3) is 0.611. The van der Waals surface area contributed by atoms with Gasteiger partial charge in [-0.3, -0.25) is 4.57 Å². The minimum absolute atomic E-state index is 0.0466. The molecule has 2 aromatic rings. The summed E-state index contributed by atoms with van der Waals surface area (Å²) in [5.74, 6) is 1.51. The Balaban J connectivity index is 1.95. The molecule has 1 atom stereocenters. The van der Waals surface area contributed by atoms with Gasteiger partial charge in [-0.25, -0.2) is 15.0 Å². The molecule has 3 heterocycles. The Morgan fingerprint density at radius 3 is 2.96 bits per heavy atom. The number of hydrogen-bond donors (Lipinski definition) is 3. The van der Waals surface area contributed by atoms with Gasteiger partial charge in [0.2, 0.25) is 5.95 Å². The van der Waals surface area contributed by atoms with Crippen molar-refractivity contribution in [3.05, 3.63) is 18.0 Å². The third-order valence-electron chi connectivity index (χ3n) is 4.36. The fourth-order valence-corrected chi connectivity index (χ4v) is 3.02. The third-order valence-corrected chi connectivity index (χ3v) is 4.36. The number of nitrogens with zero attached hydrogens (tertiary/aromatic N) is 4. The number of imidazole rings is 1. The smallest absolute Gasteiger partial charge is 0.207 e. The maximum atomic E-state index is 6.00. The summed E-state index contributed by atoms with van der Waals surface area (Å²) < 4.78 is 8.07. The first-order valence-electron chi connectivity index (χ1n) is 9.36. The highest BCUT2D eigenvalue weighted by Crippen LogP contribution is 2.31. The monoisotopic (exact) mass is 359 g/mol. The van der Waals surface area contributed by atoms with Crippen LogP contribution in [-0.4, -0.2) is 45.8 Å². The van der Waals surface area contributed by atoms with Crippen LogP contribution in [0.5, 0.6) is 0 Å². The molecule has 1 aliphatic rings. The molecule has 0 aliphatic carbocycles. The maximum Gasteiger partial charge on any atom is 0.207 e. The molecule has 0 bridgehead atoms. The molecule has 26 heavy (non-hydrogen) atoms. The highest BCUT2D eigenvalue weighted by molar-refractivity contribution is 5.85. The summed E-state index contributed by atoms with van der Waals surface area (Å²) in [5, 5.41) is 6.72. The Morgan fingerprint density at radius 1 is 1.35 bits per heavy atom. The second kappa shape index (κ2) is 8.95. The van der Waals surface area contributed by atoms with Crippen LogP contribution in [0.3, 0.4) is 0 Å². The van der Waals surface area contributed by atoms with Gasteiger partial charge in [0.1, 0.15) is 12.6 Å². The van der Waals surface area contributed by atoms with Gasteiger partial charge in [0.25, 0.3) is 0 Å². The molecule has 1 fully saturated rings. The molecular weight excluding hydrogens is 330 g/mol. The summed E-state index contributed by atoms with van der Waals surface area (Å²) in [7, 11) is 0. The molecule has 1 aliphatic heterocycles. The zero-order valence-electron chi connectivity index (χ0n) is 15.7. The van der Waals surface area contributed by atoms with Gasteiger partial charge in [0.05, 0.1) is 0 Å². The molecule has 0 radical (unpaired) electrons. The number of nitrogens with one attached hydrogen (secondary N) is 2. The van der Waals surface area contributed by atoms with E-state index in [0.717, 1.165) is 61.8 Å². The van der Waals surface area contributed by atoms with Crippen LogP contribution in [0.4, 0.5) is 11.8 Å². The second-order valence-corrected chi connectivity index (χ2v) is 6.75. The van der Waals surface area contributed by atoms with Gasteiger partial charge in [0, 0.05) is 19.7 Å². The molecule has 0 aromatic carbocycles. The molecule has 1 saturated heterocycles. The van der Waals surface area contributed by atoms with Crippen LogP contribution in [0.25, 0.3) is 11.2 Å². The molecule has 8 nitrogen and oxygen atoms in total. The van der Waals surface area contributed by atoms with Crippen LogP contribution in [0.15, 0.2) is 18.0 Å². The van der Waals surface area contributed by atoms with Crippen LogP contribution < -0.4 is 16.4 Å². The molecule has 0 saturated carbocycles. The summed E-state index contributed by atoms with van der Waals surface area (Å²) in [6.07, 6.45) is 7.74. The van der Waals surface area contributed by atoms with E-state index < -0.39 is 0 Å². The van der Waals surface area contributed by atoms with Crippen LogP contribution in [-0.2, 0) is 4.74 Å². The van der Waals surface area contributed by atoms with E-state index in [2.05, 4.69) is 45.1 Å². The van der Waals surface area contributed by atoms with Crippen molar-refractivity contribution in [2.24, 2.45) is 5.73 Å². The van der Waals surface area contributed by atoms with Crippen LogP contribution >= 0.6 is 0 Å². The normalized spacial score (nSPS) is 17.3. The molecule has 142 valence electrons. The van der Waals surface area contributed by atoms with Gasteiger partial charge in [-0.15, -0.1) is 0 Å². The topological polar surface area (TPSA) is 103 Å². The Bertz CT molecular complexity index is 745. The van der Waals surface area contributed by atoms with Crippen molar-refractivity contribution >= 4 is 22.9 Å². The third kappa shape index (κ3) is 4.31. The first kappa shape index (κ1) is 18.6. The van der Waals surface area contributed by atoms with E-state index in [9.17, 15) is 0 Å². The average Bonchev–Trinajstić information content (AvgIpc) is 3.01. The highest BCUT2D eigenvalue weighted by atomic mass is 16.5. The van der Waals surface area contributed by atoms with Crippen LogP contribution in [0, 0.1) is 0 Å². The number of rotatable bonds is 8. The van der Waals surface area contributed by atoms with Gasteiger partial charge in [0.15, 0.2) is 17.0 Å². The lowest BCUT2D eigenvalue weighted by molar-refractivity contribution is -0.0285. The molecule has 1 unspecified atom stereocenters. The molecular formula is C18H29N7O. The number of anilines is 2. The van der Waals surface area contributed by atoms with E-state index in [0.29, 0.717) is 13.1 Å². The summed E-state index contributed by atoms with van der Waals surface area (Å²) in [4.78, 5) is 13.7. The van der Waals surface area contributed by atoms with E-state index in [1.165, 1.54) is 5.57 Å².